The van der Waals surface area contributed by atoms with Crippen molar-refractivity contribution in [2.24, 2.45) is 0 Å². The number of carbonyl (C=O) groups is 1. The lowest BCUT2D eigenvalue weighted by molar-refractivity contribution is 0.0697. The molecule has 2 aromatic rings. The molecule has 0 amide bonds. The van der Waals surface area contributed by atoms with Gasteiger partial charge in [0.2, 0.25) is 5.88 Å². The molecular formula is C11H11N3O3. The van der Waals surface area contributed by atoms with Gasteiger partial charge < -0.3 is 9.84 Å². The van der Waals surface area contributed by atoms with Crippen LogP contribution in [0.2, 0.25) is 0 Å². The molecule has 1 N–H and O–H groups in total. The van der Waals surface area contributed by atoms with Gasteiger partial charge in [-0.05, 0) is 6.07 Å². The molecule has 0 unspecified atom stereocenters. The summed E-state index contributed by atoms with van der Waals surface area (Å²) in [7, 11) is 1.54. The summed E-state index contributed by atoms with van der Waals surface area (Å²) >= 11 is 0. The van der Waals surface area contributed by atoms with Crippen LogP contribution in [0.25, 0.3) is 0 Å². The lowest BCUT2D eigenvalue weighted by Gasteiger charge is -2.06. The molecule has 2 aromatic heterocycles. The summed E-state index contributed by atoms with van der Waals surface area (Å²) in [5, 5.41) is 12.7. The summed E-state index contributed by atoms with van der Waals surface area (Å²) in [6.45, 7) is 0.421. The van der Waals surface area contributed by atoms with Crippen molar-refractivity contribution in [2.75, 3.05) is 7.11 Å². The Morgan fingerprint density at radius 1 is 1.59 bits per heavy atom. The van der Waals surface area contributed by atoms with Crippen LogP contribution in [0.1, 0.15) is 15.9 Å². The highest BCUT2D eigenvalue weighted by molar-refractivity contribution is 5.86. The topological polar surface area (TPSA) is 77.2 Å². The maximum Gasteiger partial charge on any atom is 0.338 e. The number of hydrogen-bond acceptors (Lipinski definition) is 4. The molecule has 17 heavy (non-hydrogen) atoms. The van der Waals surface area contributed by atoms with Crippen molar-refractivity contribution < 1.29 is 14.6 Å². The summed E-state index contributed by atoms with van der Waals surface area (Å²) in [6.07, 6.45) is 4.41. The van der Waals surface area contributed by atoms with Gasteiger partial charge in [-0.1, -0.05) is 6.07 Å². The highest BCUT2D eigenvalue weighted by atomic mass is 16.5. The molecule has 88 valence electrons. The van der Waals surface area contributed by atoms with Crippen LogP contribution in [0.15, 0.2) is 30.7 Å². The van der Waals surface area contributed by atoms with Crippen LogP contribution in [0.4, 0.5) is 0 Å². The minimum absolute atomic E-state index is 0.160. The van der Waals surface area contributed by atoms with Gasteiger partial charge in [-0.15, -0.1) is 0 Å². The minimum Gasteiger partial charge on any atom is -0.481 e. The Bertz CT molecular complexity index is 536. The number of rotatable bonds is 4. The maximum atomic E-state index is 10.7. The second-order valence-corrected chi connectivity index (χ2v) is 3.40. The molecule has 0 aliphatic carbocycles. The molecule has 0 radical (unpaired) electrons. The second kappa shape index (κ2) is 4.65. The average molecular weight is 233 g/mol. The van der Waals surface area contributed by atoms with Crippen LogP contribution >= 0.6 is 0 Å². The zero-order chi connectivity index (χ0) is 12.3. The van der Waals surface area contributed by atoms with Crippen molar-refractivity contribution in [1.29, 1.82) is 0 Å². The molecule has 2 heterocycles. The Morgan fingerprint density at radius 3 is 3.06 bits per heavy atom. The number of methoxy groups -OCH3 is 1. The third kappa shape index (κ3) is 2.41. The predicted molar refractivity (Wildman–Crippen MR) is 59.1 cm³/mol. The minimum atomic E-state index is -0.991. The zero-order valence-corrected chi connectivity index (χ0v) is 9.20. The summed E-state index contributed by atoms with van der Waals surface area (Å²) in [5.41, 5.74) is 1.00. The summed E-state index contributed by atoms with van der Waals surface area (Å²) < 4.78 is 6.63. The Hall–Kier alpha value is -2.37. The molecule has 2 rings (SSSR count). The summed E-state index contributed by atoms with van der Waals surface area (Å²) in [5.74, 6) is -0.478. The van der Waals surface area contributed by atoms with Gasteiger partial charge in [0.05, 0.1) is 25.4 Å². The largest absolute Gasteiger partial charge is 0.481 e. The second-order valence-electron chi connectivity index (χ2n) is 3.40. The van der Waals surface area contributed by atoms with Gasteiger partial charge in [0, 0.05) is 18.0 Å². The van der Waals surface area contributed by atoms with Gasteiger partial charge in [0.1, 0.15) is 0 Å². The van der Waals surface area contributed by atoms with E-state index in [0.717, 1.165) is 5.56 Å². The SMILES string of the molecule is COc1ncccc1Cn1cc(C(=O)O)cn1. The highest BCUT2D eigenvalue weighted by Gasteiger charge is 2.08. The van der Waals surface area contributed by atoms with Crippen LogP contribution in [0, 0.1) is 0 Å². The first-order chi connectivity index (χ1) is 8.20. The van der Waals surface area contributed by atoms with Gasteiger partial charge in [-0.2, -0.15) is 5.10 Å². The van der Waals surface area contributed by atoms with Gasteiger partial charge in [0.25, 0.3) is 0 Å². The third-order valence-electron chi connectivity index (χ3n) is 2.26. The number of nitrogens with zero attached hydrogens (tertiary/aromatic N) is 3. The maximum absolute atomic E-state index is 10.7. The van der Waals surface area contributed by atoms with Gasteiger partial charge in [-0.25, -0.2) is 9.78 Å². The first-order valence-electron chi connectivity index (χ1n) is 4.94. The Morgan fingerprint density at radius 2 is 2.41 bits per heavy atom. The summed E-state index contributed by atoms with van der Waals surface area (Å²) in [4.78, 5) is 14.8. The molecule has 0 aliphatic heterocycles. The van der Waals surface area contributed by atoms with Crippen molar-refractivity contribution >= 4 is 5.97 Å². The lowest BCUT2D eigenvalue weighted by Crippen LogP contribution is -2.03. The van der Waals surface area contributed by atoms with Crippen LogP contribution in [-0.4, -0.2) is 33.0 Å². The van der Waals surface area contributed by atoms with Crippen molar-refractivity contribution in [3.05, 3.63) is 41.9 Å². The van der Waals surface area contributed by atoms with Gasteiger partial charge >= 0.3 is 5.97 Å². The molecule has 0 saturated carbocycles. The van der Waals surface area contributed by atoms with Crippen molar-refractivity contribution in [3.8, 4) is 5.88 Å². The number of hydrogen-bond donors (Lipinski definition) is 1. The monoisotopic (exact) mass is 233 g/mol. The first-order valence-corrected chi connectivity index (χ1v) is 4.94. The van der Waals surface area contributed by atoms with E-state index in [0.29, 0.717) is 12.4 Å². The number of carboxylic acid groups (broad SMARTS) is 1. The molecular weight excluding hydrogens is 222 g/mol. The number of ether oxygens (including phenoxy) is 1. The Labute approximate surface area is 97.5 Å². The van der Waals surface area contributed by atoms with Crippen molar-refractivity contribution in [1.82, 2.24) is 14.8 Å². The number of aromatic nitrogens is 3. The van der Waals surface area contributed by atoms with Crippen molar-refractivity contribution in [3.63, 3.8) is 0 Å². The predicted octanol–water partition coefficient (Wildman–Crippen LogP) is 1.03. The first kappa shape index (κ1) is 11.1. The Kier molecular flexibility index (Phi) is 3.04. The van der Waals surface area contributed by atoms with Gasteiger partial charge in [0.15, 0.2) is 0 Å². The zero-order valence-electron chi connectivity index (χ0n) is 9.20. The van der Waals surface area contributed by atoms with E-state index in [-0.39, 0.29) is 5.56 Å². The quantitative estimate of drug-likeness (QED) is 0.853. The highest BCUT2D eigenvalue weighted by Crippen LogP contribution is 2.14. The number of carboxylic acids is 1. The smallest absolute Gasteiger partial charge is 0.338 e. The standard InChI is InChI=1S/C11H11N3O3/c1-17-10-8(3-2-4-12-10)6-14-7-9(5-13-14)11(15)16/h2-5,7H,6H2,1H3,(H,15,16). The van der Waals surface area contributed by atoms with E-state index in [1.165, 1.54) is 24.2 Å². The Balaban J connectivity index is 2.22. The molecule has 0 fully saturated rings. The molecule has 0 aliphatic rings. The fourth-order valence-corrected chi connectivity index (χ4v) is 1.46. The van der Waals surface area contributed by atoms with E-state index < -0.39 is 5.97 Å². The number of pyridine rings is 1. The molecule has 0 bridgehead atoms. The normalized spacial score (nSPS) is 10.2. The third-order valence-corrected chi connectivity index (χ3v) is 2.26. The molecule has 0 spiro atoms. The summed E-state index contributed by atoms with van der Waals surface area (Å²) in [6, 6.07) is 3.65. The molecule has 0 atom stereocenters. The molecule has 6 heteroatoms. The van der Waals surface area contributed by atoms with Gasteiger partial charge in [-0.3, -0.25) is 4.68 Å². The van der Waals surface area contributed by atoms with E-state index in [2.05, 4.69) is 10.1 Å². The van der Waals surface area contributed by atoms with Crippen LogP contribution < -0.4 is 4.74 Å². The van der Waals surface area contributed by atoms with E-state index in [9.17, 15) is 4.79 Å². The average Bonchev–Trinajstić information content (AvgIpc) is 2.78. The van der Waals surface area contributed by atoms with Crippen molar-refractivity contribution in [2.45, 2.75) is 6.54 Å². The molecule has 0 saturated heterocycles. The fourth-order valence-electron chi connectivity index (χ4n) is 1.46. The molecule has 6 nitrogen and oxygen atoms in total. The van der Waals surface area contributed by atoms with E-state index in [1.807, 2.05) is 6.07 Å². The number of aromatic carboxylic acids is 1. The van der Waals surface area contributed by atoms with E-state index in [4.69, 9.17) is 9.84 Å². The lowest BCUT2D eigenvalue weighted by atomic mass is 10.2. The van der Waals surface area contributed by atoms with Crippen LogP contribution in [-0.2, 0) is 6.54 Å². The van der Waals surface area contributed by atoms with E-state index in [1.54, 1.807) is 12.3 Å². The molecule has 0 aromatic carbocycles. The van der Waals surface area contributed by atoms with E-state index >= 15 is 0 Å². The fraction of sp³-hybridized carbons (Fsp3) is 0.182. The van der Waals surface area contributed by atoms with Crippen LogP contribution in [0.3, 0.4) is 0 Å². The van der Waals surface area contributed by atoms with Crippen LogP contribution in [0.5, 0.6) is 5.88 Å².